The summed E-state index contributed by atoms with van der Waals surface area (Å²) in [5.74, 6) is 0.541. The molecule has 1 aliphatic rings. The second kappa shape index (κ2) is 3.22. The van der Waals surface area contributed by atoms with Gasteiger partial charge in [-0.2, -0.15) is 0 Å². The first kappa shape index (κ1) is 8.53. The Balaban J connectivity index is 2.27. The zero-order valence-corrected chi connectivity index (χ0v) is 7.50. The van der Waals surface area contributed by atoms with Crippen LogP contribution in [0.4, 0.5) is 0 Å². The maximum atomic E-state index is 11.3. The highest BCUT2D eigenvalue weighted by Crippen LogP contribution is 2.15. The van der Waals surface area contributed by atoms with Gasteiger partial charge in [0.2, 0.25) is 5.91 Å². The van der Waals surface area contributed by atoms with Crippen molar-refractivity contribution in [2.24, 2.45) is 5.92 Å². The molecule has 0 radical (unpaired) electrons. The molecule has 3 heteroatoms. The fourth-order valence-electron chi connectivity index (χ4n) is 1.35. The fourth-order valence-corrected chi connectivity index (χ4v) is 1.35. The summed E-state index contributed by atoms with van der Waals surface area (Å²) in [5, 5.41) is 0. The lowest BCUT2D eigenvalue weighted by Crippen LogP contribution is -2.52. The van der Waals surface area contributed by atoms with Crippen molar-refractivity contribution in [1.29, 1.82) is 0 Å². The van der Waals surface area contributed by atoms with Crippen LogP contribution in [0.3, 0.4) is 0 Å². The quantitative estimate of drug-likeness (QED) is 0.563. The topological polar surface area (TPSA) is 23.6 Å². The molecule has 0 aliphatic carbocycles. The van der Waals surface area contributed by atoms with Gasteiger partial charge in [-0.15, -0.1) is 0 Å². The Morgan fingerprint density at radius 3 is 2.45 bits per heavy atom. The van der Waals surface area contributed by atoms with E-state index in [1.807, 2.05) is 14.1 Å². The molecule has 0 bridgehead atoms. The summed E-state index contributed by atoms with van der Waals surface area (Å²) in [6.45, 7) is 5.09. The predicted octanol–water partition coefficient (Wildman–Crippen LogP) is 0.0263. The highest BCUT2D eigenvalue weighted by Gasteiger charge is 2.31. The van der Waals surface area contributed by atoms with Crippen molar-refractivity contribution in [3.8, 4) is 0 Å². The monoisotopic (exact) mass is 156 g/mol. The zero-order valence-electron chi connectivity index (χ0n) is 7.50. The van der Waals surface area contributed by atoms with E-state index in [1.54, 1.807) is 4.90 Å². The Hall–Kier alpha value is -0.570. The van der Waals surface area contributed by atoms with E-state index in [9.17, 15) is 4.79 Å². The van der Waals surface area contributed by atoms with Gasteiger partial charge in [0.15, 0.2) is 0 Å². The summed E-state index contributed by atoms with van der Waals surface area (Å²) < 4.78 is 0. The molecule has 0 aromatic carbocycles. The molecule has 0 spiro atoms. The summed E-state index contributed by atoms with van der Waals surface area (Å²) in [5.41, 5.74) is 0. The molecular weight excluding hydrogens is 140 g/mol. The van der Waals surface area contributed by atoms with Crippen LogP contribution in [0.1, 0.15) is 6.92 Å². The molecular formula is C8H16N2O. The molecule has 64 valence electrons. The standard InChI is InChI=1S/C8H16N2O/c1-4-10-5-7(6-10)8(11)9(2)3/h7H,4-6H2,1-3H3. The Kier molecular flexibility index (Phi) is 2.49. The highest BCUT2D eigenvalue weighted by atomic mass is 16.2. The molecule has 1 fully saturated rings. The maximum absolute atomic E-state index is 11.3. The number of amides is 1. The van der Waals surface area contributed by atoms with Gasteiger partial charge in [-0.1, -0.05) is 6.92 Å². The van der Waals surface area contributed by atoms with Crippen molar-refractivity contribution in [3.63, 3.8) is 0 Å². The van der Waals surface area contributed by atoms with Crippen molar-refractivity contribution >= 4 is 5.91 Å². The lowest BCUT2D eigenvalue weighted by Gasteiger charge is -2.38. The third kappa shape index (κ3) is 1.71. The van der Waals surface area contributed by atoms with E-state index < -0.39 is 0 Å². The molecule has 1 amide bonds. The van der Waals surface area contributed by atoms with Gasteiger partial charge in [0.05, 0.1) is 5.92 Å². The van der Waals surface area contributed by atoms with Gasteiger partial charge >= 0.3 is 0 Å². The van der Waals surface area contributed by atoms with Crippen LogP contribution in [0.15, 0.2) is 0 Å². The minimum atomic E-state index is 0.268. The van der Waals surface area contributed by atoms with Crippen LogP contribution in [0.25, 0.3) is 0 Å². The number of rotatable bonds is 2. The maximum Gasteiger partial charge on any atom is 0.227 e. The first-order valence-electron chi connectivity index (χ1n) is 4.08. The average molecular weight is 156 g/mol. The molecule has 0 unspecified atom stereocenters. The number of hydrogen-bond acceptors (Lipinski definition) is 2. The van der Waals surface area contributed by atoms with Gasteiger partial charge in [-0.05, 0) is 6.54 Å². The van der Waals surface area contributed by atoms with Crippen LogP contribution in [-0.4, -0.2) is 49.4 Å². The second-order valence-electron chi connectivity index (χ2n) is 3.28. The van der Waals surface area contributed by atoms with Gasteiger partial charge in [0, 0.05) is 27.2 Å². The van der Waals surface area contributed by atoms with E-state index in [1.165, 1.54) is 0 Å². The van der Waals surface area contributed by atoms with Crippen LogP contribution >= 0.6 is 0 Å². The molecule has 3 nitrogen and oxygen atoms in total. The van der Waals surface area contributed by atoms with Crippen LogP contribution in [-0.2, 0) is 4.79 Å². The molecule has 0 saturated carbocycles. The average Bonchev–Trinajstić information content (AvgIpc) is 1.85. The summed E-state index contributed by atoms with van der Waals surface area (Å²) in [7, 11) is 3.63. The Morgan fingerprint density at radius 2 is 2.09 bits per heavy atom. The summed E-state index contributed by atoms with van der Waals surface area (Å²) in [6.07, 6.45) is 0. The predicted molar refractivity (Wildman–Crippen MR) is 44.3 cm³/mol. The zero-order chi connectivity index (χ0) is 8.43. The minimum absolute atomic E-state index is 0.268. The normalized spacial score (nSPS) is 19.5. The SMILES string of the molecule is CCN1CC(C(=O)N(C)C)C1. The van der Waals surface area contributed by atoms with E-state index in [-0.39, 0.29) is 11.8 Å². The van der Waals surface area contributed by atoms with Gasteiger partial charge in [0.1, 0.15) is 0 Å². The molecule has 1 aliphatic heterocycles. The summed E-state index contributed by atoms with van der Waals surface area (Å²) in [6, 6.07) is 0. The van der Waals surface area contributed by atoms with Gasteiger partial charge in [-0.3, -0.25) is 4.79 Å². The molecule has 1 rings (SSSR count). The summed E-state index contributed by atoms with van der Waals surface area (Å²) >= 11 is 0. The summed E-state index contributed by atoms with van der Waals surface area (Å²) in [4.78, 5) is 15.2. The van der Waals surface area contributed by atoms with Crippen molar-refractivity contribution < 1.29 is 4.79 Å². The van der Waals surface area contributed by atoms with Crippen molar-refractivity contribution in [1.82, 2.24) is 9.80 Å². The molecule has 0 atom stereocenters. The van der Waals surface area contributed by atoms with Crippen LogP contribution in [0.2, 0.25) is 0 Å². The minimum Gasteiger partial charge on any atom is -0.348 e. The van der Waals surface area contributed by atoms with Crippen molar-refractivity contribution in [2.75, 3.05) is 33.7 Å². The smallest absolute Gasteiger partial charge is 0.227 e. The molecule has 1 saturated heterocycles. The molecule has 0 aromatic rings. The van der Waals surface area contributed by atoms with Crippen LogP contribution < -0.4 is 0 Å². The number of likely N-dealkylation sites (tertiary alicyclic amines) is 1. The van der Waals surface area contributed by atoms with Crippen molar-refractivity contribution in [3.05, 3.63) is 0 Å². The van der Waals surface area contributed by atoms with Gasteiger partial charge in [0.25, 0.3) is 0 Å². The Bertz CT molecular complexity index is 150. The lowest BCUT2D eigenvalue weighted by atomic mass is 9.99. The van der Waals surface area contributed by atoms with Gasteiger partial charge in [-0.25, -0.2) is 0 Å². The van der Waals surface area contributed by atoms with Crippen LogP contribution in [0.5, 0.6) is 0 Å². The van der Waals surface area contributed by atoms with E-state index in [0.717, 1.165) is 19.6 Å². The first-order valence-corrected chi connectivity index (χ1v) is 4.08. The van der Waals surface area contributed by atoms with E-state index >= 15 is 0 Å². The number of hydrogen-bond donors (Lipinski definition) is 0. The van der Waals surface area contributed by atoms with E-state index in [2.05, 4.69) is 11.8 Å². The number of carbonyl (C=O) groups is 1. The second-order valence-corrected chi connectivity index (χ2v) is 3.28. The molecule has 0 aromatic heterocycles. The molecule has 11 heavy (non-hydrogen) atoms. The Morgan fingerprint density at radius 1 is 1.55 bits per heavy atom. The highest BCUT2D eigenvalue weighted by molar-refractivity contribution is 5.79. The van der Waals surface area contributed by atoms with Gasteiger partial charge < -0.3 is 9.80 Å². The Labute approximate surface area is 68.0 Å². The number of nitrogens with zero attached hydrogens (tertiary/aromatic N) is 2. The van der Waals surface area contributed by atoms with Crippen molar-refractivity contribution in [2.45, 2.75) is 6.92 Å². The largest absolute Gasteiger partial charge is 0.348 e. The first-order chi connectivity index (χ1) is 5.15. The van der Waals surface area contributed by atoms with Crippen LogP contribution in [0, 0.1) is 5.92 Å². The van der Waals surface area contributed by atoms with E-state index in [0.29, 0.717) is 0 Å². The third-order valence-corrected chi connectivity index (χ3v) is 2.19. The number of carbonyl (C=O) groups excluding carboxylic acids is 1. The molecule has 1 heterocycles. The molecule has 0 N–H and O–H groups in total. The van der Waals surface area contributed by atoms with E-state index in [4.69, 9.17) is 0 Å². The lowest BCUT2D eigenvalue weighted by molar-refractivity contribution is -0.138. The third-order valence-electron chi connectivity index (χ3n) is 2.19. The fraction of sp³-hybridized carbons (Fsp3) is 0.875.